The third kappa shape index (κ3) is 7.52. The molecule has 0 saturated carbocycles. The molecule has 0 aromatic heterocycles. The summed E-state index contributed by atoms with van der Waals surface area (Å²) < 4.78 is 25.5. The molecule has 0 radical (unpaired) electrons. The van der Waals surface area contributed by atoms with E-state index in [0.717, 1.165) is 32.5 Å². The maximum atomic E-state index is 14.2. The minimum absolute atomic E-state index is 0.436. The lowest BCUT2D eigenvalue weighted by Gasteiger charge is -2.21. The fourth-order valence-electron chi connectivity index (χ4n) is 3.07. The summed E-state index contributed by atoms with van der Waals surface area (Å²) in [5, 5.41) is 2.57. The maximum absolute atomic E-state index is 14.2. The Kier molecular flexibility index (Phi) is 9.87. The largest absolute Gasteiger partial charge is 0.493 e. The zero-order chi connectivity index (χ0) is 21.8. The van der Waals surface area contributed by atoms with Crippen LogP contribution in [0.4, 0.5) is 10.1 Å². The molecule has 0 bridgehead atoms. The van der Waals surface area contributed by atoms with Crippen LogP contribution in [0.25, 0.3) is 6.08 Å². The van der Waals surface area contributed by atoms with Crippen molar-refractivity contribution in [2.45, 2.75) is 26.7 Å². The number of hydrogen-bond donors (Lipinski definition) is 1. The number of rotatable bonds is 12. The SMILES string of the molecule is CCCN(CCC)CCOc1cc(NC(=O)C(F)=Cc2ccccc2)ccc1OC. The molecule has 0 heterocycles. The summed E-state index contributed by atoms with van der Waals surface area (Å²) in [4.78, 5) is 14.5. The van der Waals surface area contributed by atoms with Gasteiger partial charge in [0.05, 0.1) is 7.11 Å². The van der Waals surface area contributed by atoms with Gasteiger partial charge in [0.25, 0.3) is 5.91 Å². The van der Waals surface area contributed by atoms with Gasteiger partial charge in [0.1, 0.15) is 6.61 Å². The highest BCUT2D eigenvalue weighted by atomic mass is 19.1. The quantitative estimate of drug-likeness (QED) is 0.488. The van der Waals surface area contributed by atoms with Crippen LogP contribution in [-0.2, 0) is 4.79 Å². The van der Waals surface area contributed by atoms with Crippen LogP contribution in [0.3, 0.4) is 0 Å². The molecule has 2 aromatic rings. The molecule has 1 N–H and O–H groups in total. The van der Waals surface area contributed by atoms with Crippen molar-refractivity contribution >= 4 is 17.7 Å². The van der Waals surface area contributed by atoms with E-state index < -0.39 is 11.7 Å². The van der Waals surface area contributed by atoms with E-state index in [4.69, 9.17) is 9.47 Å². The van der Waals surface area contributed by atoms with Crippen LogP contribution in [0, 0.1) is 0 Å². The molecule has 0 aliphatic carbocycles. The van der Waals surface area contributed by atoms with Crippen LogP contribution in [0.15, 0.2) is 54.4 Å². The van der Waals surface area contributed by atoms with Crippen LogP contribution in [-0.4, -0.2) is 44.2 Å². The Morgan fingerprint density at radius 1 is 1.03 bits per heavy atom. The molecule has 6 heteroatoms. The first-order valence-electron chi connectivity index (χ1n) is 10.3. The first kappa shape index (κ1) is 23.4. The number of carbonyl (C=O) groups excluding carboxylic acids is 1. The van der Waals surface area contributed by atoms with E-state index in [0.29, 0.717) is 29.4 Å². The molecule has 0 unspecified atom stereocenters. The Morgan fingerprint density at radius 3 is 2.37 bits per heavy atom. The van der Waals surface area contributed by atoms with E-state index in [1.165, 1.54) is 6.08 Å². The summed E-state index contributed by atoms with van der Waals surface area (Å²) >= 11 is 0. The molecule has 0 saturated heterocycles. The highest BCUT2D eigenvalue weighted by Crippen LogP contribution is 2.30. The second-order valence-electron chi connectivity index (χ2n) is 6.91. The van der Waals surface area contributed by atoms with E-state index in [-0.39, 0.29) is 0 Å². The van der Waals surface area contributed by atoms with Gasteiger partial charge < -0.3 is 14.8 Å². The van der Waals surface area contributed by atoms with Crippen molar-refractivity contribution in [2.75, 3.05) is 38.7 Å². The summed E-state index contributed by atoms with van der Waals surface area (Å²) in [7, 11) is 1.56. The fourth-order valence-corrected chi connectivity index (χ4v) is 3.07. The van der Waals surface area contributed by atoms with Gasteiger partial charge in [0.15, 0.2) is 17.3 Å². The van der Waals surface area contributed by atoms with Gasteiger partial charge in [-0.15, -0.1) is 0 Å². The molecule has 2 aromatic carbocycles. The normalized spacial score (nSPS) is 11.4. The lowest BCUT2D eigenvalue weighted by Crippen LogP contribution is -2.30. The minimum Gasteiger partial charge on any atom is -0.493 e. The molecule has 162 valence electrons. The third-order valence-electron chi connectivity index (χ3n) is 4.48. The molecular formula is C24H31FN2O3. The molecule has 0 atom stereocenters. The van der Waals surface area contributed by atoms with Gasteiger partial charge in [-0.25, -0.2) is 4.39 Å². The van der Waals surface area contributed by atoms with Gasteiger partial charge in [-0.1, -0.05) is 44.2 Å². The van der Waals surface area contributed by atoms with E-state index in [1.807, 2.05) is 6.07 Å². The number of carbonyl (C=O) groups is 1. The summed E-state index contributed by atoms with van der Waals surface area (Å²) in [6.07, 6.45) is 3.38. The molecule has 1 amide bonds. The average molecular weight is 415 g/mol. The van der Waals surface area contributed by atoms with Crippen LogP contribution in [0.5, 0.6) is 11.5 Å². The number of anilines is 1. The zero-order valence-corrected chi connectivity index (χ0v) is 18.0. The Balaban J connectivity index is 2.02. The lowest BCUT2D eigenvalue weighted by atomic mass is 10.2. The lowest BCUT2D eigenvalue weighted by molar-refractivity contribution is -0.114. The van der Waals surface area contributed by atoms with Crippen molar-refractivity contribution < 1.29 is 18.7 Å². The minimum atomic E-state index is -0.866. The highest BCUT2D eigenvalue weighted by molar-refractivity contribution is 6.05. The van der Waals surface area contributed by atoms with E-state index >= 15 is 0 Å². The number of nitrogens with one attached hydrogen (secondary N) is 1. The zero-order valence-electron chi connectivity index (χ0n) is 18.0. The van der Waals surface area contributed by atoms with Crippen molar-refractivity contribution in [3.63, 3.8) is 0 Å². The Bertz CT molecular complexity index is 818. The molecule has 5 nitrogen and oxygen atoms in total. The molecule has 0 fully saturated rings. The number of benzene rings is 2. The van der Waals surface area contributed by atoms with Crippen LogP contribution in [0.1, 0.15) is 32.3 Å². The summed E-state index contributed by atoms with van der Waals surface area (Å²) in [6.45, 7) is 7.66. The Morgan fingerprint density at radius 2 is 1.73 bits per heavy atom. The first-order valence-corrected chi connectivity index (χ1v) is 10.3. The summed E-state index contributed by atoms with van der Waals surface area (Å²) in [6, 6.07) is 13.9. The van der Waals surface area contributed by atoms with Gasteiger partial charge in [-0.3, -0.25) is 9.69 Å². The highest BCUT2D eigenvalue weighted by Gasteiger charge is 2.12. The predicted octanol–water partition coefficient (Wildman–Crippen LogP) is 5.15. The maximum Gasteiger partial charge on any atom is 0.284 e. The van der Waals surface area contributed by atoms with Gasteiger partial charge in [-0.2, -0.15) is 0 Å². The fraction of sp³-hybridized carbons (Fsp3) is 0.375. The summed E-state index contributed by atoms with van der Waals surface area (Å²) in [5.41, 5.74) is 1.05. The van der Waals surface area contributed by atoms with Crippen LogP contribution >= 0.6 is 0 Å². The second-order valence-corrected chi connectivity index (χ2v) is 6.91. The second kappa shape index (κ2) is 12.6. The van der Waals surface area contributed by atoms with Crippen molar-refractivity contribution in [3.8, 4) is 11.5 Å². The van der Waals surface area contributed by atoms with Crippen molar-refractivity contribution in [3.05, 3.63) is 59.9 Å². The Hall–Kier alpha value is -2.86. The van der Waals surface area contributed by atoms with Gasteiger partial charge in [-0.05, 0) is 49.7 Å². The standard InChI is InChI=1S/C24H31FN2O3/c1-4-13-27(14-5-2)15-16-30-23-18-20(11-12-22(23)29-3)26-24(28)21(25)17-19-9-7-6-8-10-19/h6-12,17-18H,4-5,13-16H2,1-3H3,(H,26,28). The first-order chi connectivity index (χ1) is 14.6. The van der Waals surface area contributed by atoms with Crippen LogP contribution < -0.4 is 14.8 Å². The molecule has 30 heavy (non-hydrogen) atoms. The number of halogens is 1. The number of methoxy groups -OCH3 is 1. The molecule has 0 aliphatic heterocycles. The number of amides is 1. The third-order valence-corrected chi connectivity index (χ3v) is 4.48. The van der Waals surface area contributed by atoms with Crippen LogP contribution in [0.2, 0.25) is 0 Å². The smallest absolute Gasteiger partial charge is 0.284 e. The van der Waals surface area contributed by atoms with Crippen molar-refractivity contribution in [1.29, 1.82) is 0 Å². The summed E-state index contributed by atoms with van der Waals surface area (Å²) in [5.74, 6) is -0.608. The topological polar surface area (TPSA) is 50.8 Å². The van der Waals surface area contributed by atoms with E-state index in [9.17, 15) is 9.18 Å². The number of ether oxygens (including phenoxy) is 2. The van der Waals surface area contributed by atoms with E-state index in [1.54, 1.807) is 49.6 Å². The van der Waals surface area contributed by atoms with Crippen molar-refractivity contribution in [1.82, 2.24) is 4.90 Å². The molecule has 2 rings (SSSR count). The van der Waals surface area contributed by atoms with E-state index in [2.05, 4.69) is 24.1 Å². The number of hydrogen-bond acceptors (Lipinski definition) is 4. The predicted molar refractivity (Wildman–Crippen MR) is 120 cm³/mol. The average Bonchev–Trinajstić information content (AvgIpc) is 2.75. The number of nitrogens with zero attached hydrogens (tertiary/aromatic N) is 1. The molecule has 0 spiro atoms. The van der Waals surface area contributed by atoms with Gasteiger partial charge >= 0.3 is 0 Å². The molecular weight excluding hydrogens is 383 g/mol. The molecule has 0 aliphatic rings. The van der Waals surface area contributed by atoms with Gasteiger partial charge in [0.2, 0.25) is 0 Å². The van der Waals surface area contributed by atoms with Gasteiger partial charge in [0, 0.05) is 18.3 Å². The van der Waals surface area contributed by atoms with Crippen molar-refractivity contribution in [2.24, 2.45) is 0 Å². The Labute approximate surface area is 178 Å². The monoisotopic (exact) mass is 414 g/mol.